The largest absolute Gasteiger partial charge is 0.497 e. The quantitative estimate of drug-likeness (QED) is 0.814. The van der Waals surface area contributed by atoms with Crippen molar-refractivity contribution >= 4 is 22.6 Å². The molecule has 2 heterocycles. The Bertz CT molecular complexity index is 632. The van der Waals surface area contributed by atoms with Crippen LogP contribution < -0.4 is 9.75 Å². The molecule has 2 aromatic rings. The van der Waals surface area contributed by atoms with E-state index in [1.807, 2.05) is 25.1 Å². The summed E-state index contributed by atoms with van der Waals surface area (Å²) in [5.74, 6) is 1.73. The summed E-state index contributed by atoms with van der Waals surface area (Å²) in [6, 6.07) is 5.96. The summed E-state index contributed by atoms with van der Waals surface area (Å²) in [6.45, 7) is 5.98. The van der Waals surface area contributed by atoms with Gasteiger partial charge in [-0.2, -0.15) is 0 Å². The van der Waals surface area contributed by atoms with Crippen molar-refractivity contribution in [2.24, 2.45) is 0 Å². The van der Waals surface area contributed by atoms with E-state index in [4.69, 9.17) is 21.3 Å². The number of rotatable bonds is 3. The van der Waals surface area contributed by atoms with E-state index in [1.54, 1.807) is 7.11 Å². The van der Waals surface area contributed by atoms with E-state index in [0.717, 1.165) is 48.8 Å². The summed E-state index contributed by atoms with van der Waals surface area (Å²) in [5.41, 5.74) is 2.01. The highest BCUT2D eigenvalue weighted by atomic mass is 35.5. The Labute approximate surface area is 130 Å². The number of halogens is 1. The summed E-state index contributed by atoms with van der Waals surface area (Å²) < 4.78 is 7.52. The van der Waals surface area contributed by atoms with Crippen LogP contribution >= 0.6 is 11.6 Å². The monoisotopic (exact) mass is 308 g/mol. The van der Waals surface area contributed by atoms with Crippen LogP contribution in [0.4, 0.5) is 0 Å². The lowest BCUT2D eigenvalue weighted by Gasteiger charge is -2.36. The van der Waals surface area contributed by atoms with Gasteiger partial charge in [-0.05, 0) is 26.1 Å². The molecule has 1 aliphatic rings. The predicted octanol–water partition coefficient (Wildman–Crippen LogP) is 2.23. The molecule has 6 heteroatoms. The molecular weight excluding hydrogens is 288 g/mol. The van der Waals surface area contributed by atoms with Gasteiger partial charge in [-0.3, -0.25) is 0 Å². The number of piperazine rings is 1. The van der Waals surface area contributed by atoms with Crippen LogP contribution in [0.1, 0.15) is 18.1 Å². The van der Waals surface area contributed by atoms with Gasteiger partial charge in [0.1, 0.15) is 11.6 Å². The van der Waals surface area contributed by atoms with Crippen molar-refractivity contribution in [1.82, 2.24) is 14.6 Å². The minimum atomic E-state index is -0.136. The van der Waals surface area contributed by atoms with Crippen molar-refractivity contribution in [3.05, 3.63) is 24.0 Å². The molecule has 0 radical (unpaired) electrons. The number of imidazole rings is 1. The van der Waals surface area contributed by atoms with E-state index in [0.29, 0.717) is 0 Å². The van der Waals surface area contributed by atoms with Gasteiger partial charge < -0.3 is 14.6 Å². The fourth-order valence-electron chi connectivity index (χ4n) is 2.74. The van der Waals surface area contributed by atoms with Crippen molar-refractivity contribution in [2.45, 2.75) is 12.3 Å². The van der Waals surface area contributed by atoms with Gasteiger partial charge in [0.05, 0.1) is 23.5 Å². The van der Waals surface area contributed by atoms with Gasteiger partial charge in [-0.25, -0.2) is 9.66 Å². The molecule has 21 heavy (non-hydrogen) atoms. The SMILES string of the molecule is COc1ccc2nc(C(C)Cl)n(N3CCN(C)CC3)c2c1. The van der Waals surface area contributed by atoms with Crippen LogP contribution in [0, 0.1) is 0 Å². The maximum absolute atomic E-state index is 6.35. The molecule has 0 aliphatic carbocycles. The van der Waals surface area contributed by atoms with Crippen molar-refractivity contribution in [3.8, 4) is 5.75 Å². The number of hydrogen-bond donors (Lipinski definition) is 0. The molecule has 1 atom stereocenters. The smallest absolute Gasteiger partial charge is 0.146 e. The normalized spacial score (nSPS) is 18.2. The number of ether oxygens (including phenoxy) is 1. The summed E-state index contributed by atoms with van der Waals surface area (Å²) in [4.78, 5) is 7.04. The molecule has 0 N–H and O–H groups in total. The van der Waals surface area contributed by atoms with Gasteiger partial charge in [0.15, 0.2) is 0 Å². The van der Waals surface area contributed by atoms with Crippen molar-refractivity contribution in [1.29, 1.82) is 0 Å². The topological polar surface area (TPSA) is 33.5 Å². The molecule has 0 spiro atoms. The Morgan fingerprint density at radius 3 is 2.57 bits per heavy atom. The molecule has 3 rings (SSSR count). The molecule has 1 saturated heterocycles. The molecule has 114 valence electrons. The van der Waals surface area contributed by atoms with Crippen LogP contribution in [0.2, 0.25) is 0 Å². The summed E-state index contributed by atoms with van der Waals surface area (Å²) >= 11 is 6.35. The third-order valence-electron chi connectivity index (χ3n) is 3.98. The number of nitrogens with zero attached hydrogens (tertiary/aromatic N) is 4. The van der Waals surface area contributed by atoms with Crippen LogP contribution in [0.15, 0.2) is 18.2 Å². The molecular formula is C15H21ClN4O. The second-order valence-corrected chi connectivity index (χ2v) is 6.16. The molecule has 1 aromatic heterocycles. The summed E-state index contributed by atoms with van der Waals surface area (Å²) in [7, 11) is 3.83. The first-order chi connectivity index (χ1) is 10.1. The number of methoxy groups -OCH3 is 1. The van der Waals surface area contributed by atoms with Gasteiger partial charge in [0.2, 0.25) is 0 Å². The fourth-order valence-corrected chi connectivity index (χ4v) is 2.88. The zero-order valence-electron chi connectivity index (χ0n) is 12.7. The van der Waals surface area contributed by atoms with E-state index >= 15 is 0 Å². The lowest BCUT2D eigenvalue weighted by atomic mass is 10.3. The van der Waals surface area contributed by atoms with Crippen LogP contribution in [0.25, 0.3) is 11.0 Å². The van der Waals surface area contributed by atoms with Crippen LogP contribution in [-0.4, -0.2) is 54.9 Å². The second-order valence-electron chi connectivity index (χ2n) is 5.51. The zero-order valence-corrected chi connectivity index (χ0v) is 13.5. The first kappa shape index (κ1) is 14.5. The molecule has 1 unspecified atom stereocenters. The average molecular weight is 309 g/mol. The second kappa shape index (κ2) is 5.73. The van der Waals surface area contributed by atoms with E-state index < -0.39 is 0 Å². The standard InChI is InChI=1S/C15H21ClN4O/c1-11(16)15-17-13-5-4-12(21-3)10-14(13)20(15)19-8-6-18(2)7-9-19/h4-5,10-11H,6-9H2,1-3H3. The Kier molecular flexibility index (Phi) is 3.95. The van der Waals surface area contributed by atoms with E-state index in [1.165, 1.54) is 0 Å². The highest BCUT2D eigenvalue weighted by Crippen LogP contribution is 2.27. The molecule has 1 aliphatic heterocycles. The molecule has 1 fully saturated rings. The lowest BCUT2D eigenvalue weighted by molar-refractivity contribution is 0.287. The van der Waals surface area contributed by atoms with E-state index in [2.05, 4.69) is 21.6 Å². The summed E-state index contributed by atoms with van der Waals surface area (Å²) in [6.07, 6.45) is 0. The van der Waals surface area contributed by atoms with Gasteiger partial charge in [0, 0.05) is 32.2 Å². The Morgan fingerprint density at radius 2 is 1.95 bits per heavy atom. The molecule has 5 nitrogen and oxygen atoms in total. The third kappa shape index (κ3) is 2.68. The number of benzene rings is 1. The minimum absolute atomic E-state index is 0.136. The summed E-state index contributed by atoms with van der Waals surface area (Å²) in [5, 5.41) is 2.19. The van der Waals surface area contributed by atoms with Crippen LogP contribution in [0.5, 0.6) is 5.75 Å². The zero-order chi connectivity index (χ0) is 15.0. The van der Waals surface area contributed by atoms with Crippen molar-refractivity contribution in [2.75, 3.05) is 45.3 Å². The molecule has 0 saturated carbocycles. The van der Waals surface area contributed by atoms with Gasteiger partial charge in [0.25, 0.3) is 0 Å². The molecule has 0 bridgehead atoms. The number of hydrogen-bond acceptors (Lipinski definition) is 4. The fraction of sp³-hybridized carbons (Fsp3) is 0.533. The Balaban J connectivity index is 2.10. The maximum Gasteiger partial charge on any atom is 0.146 e. The Hall–Kier alpha value is -1.46. The predicted molar refractivity (Wildman–Crippen MR) is 86.0 cm³/mol. The van der Waals surface area contributed by atoms with Gasteiger partial charge in [-0.15, -0.1) is 11.6 Å². The Morgan fingerprint density at radius 1 is 1.24 bits per heavy atom. The number of aromatic nitrogens is 2. The lowest BCUT2D eigenvalue weighted by Crippen LogP contribution is -2.50. The maximum atomic E-state index is 6.35. The van der Waals surface area contributed by atoms with Gasteiger partial charge >= 0.3 is 0 Å². The molecule has 1 aromatic carbocycles. The minimum Gasteiger partial charge on any atom is -0.497 e. The first-order valence-electron chi connectivity index (χ1n) is 7.24. The number of alkyl halides is 1. The van der Waals surface area contributed by atoms with E-state index in [-0.39, 0.29) is 5.38 Å². The van der Waals surface area contributed by atoms with Crippen molar-refractivity contribution in [3.63, 3.8) is 0 Å². The average Bonchev–Trinajstić information content (AvgIpc) is 2.86. The van der Waals surface area contributed by atoms with Gasteiger partial charge in [-0.1, -0.05) is 0 Å². The molecule has 0 amide bonds. The van der Waals surface area contributed by atoms with Crippen molar-refractivity contribution < 1.29 is 4.74 Å². The number of fused-ring (bicyclic) bond motifs is 1. The highest BCUT2D eigenvalue weighted by Gasteiger charge is 2.22. The third-order valence-corrected chi connectivity index (χ3v) is 4.18. The van der Waals surface area contributed by atoms with Crippen LogP contribution in [-0.2, 0) is 0 Å². The first-order valence-corrected chi connectivity index (χ1v) is 7.68. The highest BCUT2D eigenvalue weighted by molar-refractivity contribution is 6.20. The number of likely N-dealkylation sites (N-methyl/N-ethyl adjacent to an activating group) is 1. The van der Waals surface area contributed by atoms with E-state index in [9.17, 15) is 0 Å². The van der Waals surface area contributed by atoms with Crippen LogP contribution in [0.3, 0.4) is 0 Å².